The van der Waals surface area contributed by atoms with Crippen LogP contribution < -0.4 is 5.32 Å². The number of carbonyl (C=O) groups excluding carboxylic acids is 1. The van der Waals surface area contributed by atoms with Gasteiger partial charge in [0.2, 0.25) is 0 Å². The normalized spacial score (nSPS) is 12.3. The van der Waals surface area contributed by atoms with E-state index >= 15 is 0 Å². The van der Waals surface area contributed by atoms with Crippen molar-refractivity contribution in [3.8, 4) is 0 Å². The van der Waals surface area contributed by atoms with E-state index in [-0.39, 0.29) is 17.6 Å². The summed E-state index contributed by atoms with van der Waals surface area (Å²) in [4.78, 5) is 12.4. The molecular formula is C19H18FNO2. The predicted octanol–water partition coefficient (Wildman–Crippen LogP) is 4.41. The van der Waals surface area contributed by atoms with Crippen molar-refractivity contribution in [1.82, 2.24) is 5.32 Å². The first kappa shape index (κ1) is 15.3. The maximum absolute atomic E-state index is 12.9. The van der Waals surface area contributed by atoms with Gasteiger partial charge in [0, 0.05) is 17.5 Å². The molecular weight excluding hydrogens is 293 g/mol. The third kappa shape index (κ3) is 3.11. The maximum atomic E-state index is 12.9. The number of hydrogen-bond acceptors (Lipinski definition) is 2. The molecule has 0 saturated heterocycles. The Morgan fingerprint density at radius 3 is 2.57 bits per heavy atom. The summed E-state index contributed by atoms with van der Waals surface area (Å²) < 4.78 is 18.6. The first-order valence-electron chi connectivity index (χ1n) is 7.58. The van der Waals surface area contributed by atoms with Gasteiger partial charge in [-0.1, -0.05) is 37.3 Å². The first-order chi connectivity index (χ1) is 11.1. The number of benzene rings is 2. The van der Waals surface area contributed by atoms with Gasteiger partial charge in [-0.15, -0.1) is 0 Å². The highest BCUT2D eigenvalue weighted by Crippen LogP contribution is 2.25. The summed E-state index contributed by atoms with van der Waals surface area (Å²) in [6.45, 7) is 4.32. The monoisotopic (exact) mass is 311 g/mol. The molecule has 3 aromatic rings. The van der Waals surface area contributed by atoms with E-state index < -0.39 is 0 Å². The van der Waals surface area contributed by atoms with Gasteiger partial charge >= 0.3 is 0 Å². The van der Waals surface area contributed by atoms with Crippen molar-refractivity contribution >= 4 is 16.9 Å². The summed E-state index contributed by atoms with van der Waals surface area (Å²) in [6, 6.07) is 13.9. The second-order valence-electron chi connectivity index (χ2n) is 5.71. The molecule has 1 unspecified atom stereocenters. The molecule has 3 rings (SSSR count). The van der Waals surface area contributed by atoms with Crippen LogP contribution in [0.1, 0.15) is 34.5 Å². The van der Waals surface area contributed by atoms with Crippen LogP contribution in [0.5, 0.6) is 0 Å². The minimum atomic E-state index is -0.261. The molecule has 0 spiro atoms. The summed E-state index contributed by atoms with van der Waals surface area (Å²) in [5.41, 5.74) is 2.53. The van der Waals surface area contributed by atoms with Crippen LogP contribution >= 0.6 is 0 Å². The zero-order chi connectivity index (χ0) is 16.4. The number of nitrogens with one attached hydrogen (secondary N) is 1. The molecule has 23 heavy (non-hydrogen) atoms. The predicted molar refractivity (Wildman–Crippen MR) is 88.1 cm³/mol. The van der Waals surface area contributed by atoms with E-state index in [1.165, 1.54) is 12.1 Å². The first-order valence-corrected chi connectivity index (χ1v) is 7.58. The van der Waals surface area contributed by atoms with Gasteiger partial charge in [-0.3, -0.25) is 4.79 Å². The maximum Gasteiger partial charge on any atom is 0.287 e. The largest absolute Gasteiger partial charge is 0.451 e. The SMILES string of the molecule is Cc1c(C(=O)NCC(C)c2ccc(F)cc2)oc2ccccc12. The van der Waals surface area contributed by atoms with Crippen LogP contribution in [-0.2, 0) is 0 Å². The van der Waals surface area contributed by atoms with E-state index in [0.29, 0.717) is 17.9 Å². The van der Waals surface area contributed by atoms with Crippen molar-refractivity contribution in [3.63, 3.8) is 0 Å². The average Bonchev–Trinajstić information content (AvgIpc) is 2.90. The van der Waals surface area contributed by atoms with Crippen LogP contribution in [0, 0.1) is 12.7 Å². The Morgan fingerprint density at radius 1 is 1.17 bits per heavy atom. The highest BCUT2D eigenvalue weighted by molar-refractivity contribution is 5.98. The molecule has 3 nitrogen and oxygen atoms in total. The van der Waals surface area contributed by atoms with Crippen molar-refractivity contribution in [3.05, 3.63) is 71.2 Å². The van der Waals surface area contributed by atoms with Crippen LogP contribution in [0.2, 0.25) is 0 Å². The van der Waals surface area contributed by atoms with Gasteiger partial charge < -0.3 is 9.73 Å². The van der Waals surface area contributed by atoms with Crippen molar-refractivity contribution in [2.45, 2.75) is 19.8 Å². The van der Waals surface area contributed by atoms with Crippen molar-refractivity contribution in [2.75, 3.05) is 6.54 Å². The Bertz CT molecular complexity index is 836. The lowest BCUT2D eigenvalue weighted by molar-refractivity contribution is 0.0925. The average molecular weight is 311 g/mol. The molecule has 1 amide bonds. The van der Waals surface area contributed by atoms with Crippen LogP contribution in [0.3, 0.4) is 0 Å². The number of para-hydroxylation sites is 1. The third-order valence-electron chi connectivity index (χ3n) is 4.06. The van der Waals surface area contributed by atoms with Crippen molar-refractivity contribution in [2.24, 2.45) is 0 Å². The van der Waals surface area contributed by atoms with E-state index in [2.05, 4.69) is 5.32 Å². The number of halogens is 1. The van der Waals surface area contributed by atoms with Crippen molar-refractivity contribution < 1.29 is 13.6 Å². The van der Waals surface area contributed by atoms with E-state index in [1.54, 1.807) is 12.1 Å². The fourth-order valence-corrected chi connectivity index (χ4v) is 2.63. The Labute approximate surface area is 134 Å². The number of fused-ring (bicyclic) bond motifs is 1. The third-order valence-corrected chi connectivity index (χ3v) is 4.06. The topological polar surface area (TPSA) is 42.2 Å². The number of hydrogen-bond donors (Lipinski definition) is 1. The quantitative estimate of drug-likeness (QED) is 0.775. The fraction of sp³-hybridized carbons (Fsp3) is 0.211. The number of carbonyl (C=O) groups is 1. The van der Waals surface area contributed by atoms with Crippen molar-refractivity contribution in [1.29, 1.82) is 0 Å². The van der Waals surface area contributed by atoms with E-state index in [9.17, 15) is 9.18 Å². The van der Waals surface area contributed by atoms with Crippen LogP contribution in [0.25, 0.3) is 11.0 Å². The van der Waals surface area contributed by atoms with E-state index in [0.717, 1.165) is 16.5 Å². The highest BCUT2D eigenvalue weighted by Gasteiger charge is 2.18. The minimum absolute atomic E-state index is 0.0873. The Morgan fingerprint density at radius 2 is 1.87 bits per heavy atom. The number of aryl methyl sites for hydroxylation is 1. The van der Waals surface area contributed by atoms with Gasteiger partial charge in [0.25, 0.3) is 5.91 Å². The zero-order valence-corrected chi connectivity index (χ0v) is 13.1. The number of furan rings is 1. The lowest BCUT2D eigenvalue weighted by atomic mass is 10.0. The van der Waals surface area contributed by atoms with Gasteiger partial charge in [-0.2, -0.15) is 0 Å². The van der Waals surface area contributed by atoms with Gasteiger partial charge in [-0.05, 0) is 36.6 Å². The molecule has 2 aromatic carbocycles. The lowest BCUT2D eigenvalue weighted by Gasteiger charge is -2.12. The van der Waals surface area contributed by atoms with Crippen LogP contribution in [0.4, 0.5) is 4.39 Å². The summed E-state index contributed by atoms with van der Waals surface area (Å²) in [6.07, 6.45) is 0. The molecule has 4 heteroatoms. The lowest BCUT2D eigenvalue weighted by Crippen LogP contribution is -2.27. The summed E-state index contributed by atoms with van der Waals surface area (Å²) >= 11 is 0. The highest BCUT2D eigenvalue weighted by atomic mass is 19.1. The second-order valence-corrected chi connectivity index (χ2v) is 5.71. The second kappa shape index (κ2) is 6.24. The molecule has 1 N–H and O–H groups in total. The Kier molecular flexibility index (Phi) is 4.15. The van der Waals surface area contributed by atoms with E-state index in [4.69, 9.17) is 4.42 Å². The van der Waals surface area contributed by atoms with Crippen LogP contribution in [-0.4, -0.2) is 12.5 Å². The molecule has 0 radical (unpaired) electrons. The van der Waals surface area contributed by atoms with Gasteiger partial charge in [0.15, 0.2) is 5.76 Å². The molecule has 0 fully saturated rings. The molecule has 118 valence electrons. The summed E-state index contributed by atoms with van der Waals surface area (Å²) in [5, 5.41) is 3.84. The molecule has 0 bridgehead atoms. The summed E-state index contributed by atoms with van der Waals surface area (Å²) in [5.74, 6) is -0.0581. The molecule has 0 aliphatic rings. The van der Waals surface area contributed by atoms with Crippen LogP contribution in [0.15, 0.2) is 52.9 Å². The molecule has 0 saturated carbocycles. The van der Waals surface area contributed by atoms with E-state index in [1.807, 2.05) is 38.1 Å². The molecule has 0 aliphatic heterocycles. The fourth-order valence-electron chi connectivity index (χ4n) is 2.63. The Hall–Kier alpha value is -2.62. The van der Waals surface area contributed by atoms with Gasteiger partial charge in [0.1, 0.15) is 11.4 Å². The summed E-state index contributed by atoms with van der Waals surface area (Å²) in [7, 11) is 0. The smallest absolute Gasteiger partial charge is 0.287 e. The van der Waals surface area contributed by atoms with Gasteiger partial charge in [-0.25, -0.2) is 4.39 Å². The molecule has 0 aliphatic carbocycles. The molecule has 1 heterocycles. The standard InChI is InChI=1S/C19H18FNO2/c1-12(14-7-9-15(20)10-8-14)11-21-19(22)18-13(2)16-5-3-4-6-17(16)23-18/h3-10,12H,11H2,1-2H3,(H,21,22). The number of amides is 1. The van der Waals surface area contributed by atoms with Gasteiger partial charge in [0.05, 0.1) is 0 Å². The minimum Gasteiger partial charge on any atom is -0.451 e. The molecule has 1 atom stereocenters. The zero-order valence-electron chi connectivity index (χ0n) is 13.1. The number of rotatable bonds is 4. The Balaban J connectivity index is 1.71. The molecule has 1 aromatic heterocycles.